The van der Waals surface area contributed by atoms with Crippen LogP contribution in [0.5, 0.6) is 0 Å². The first kappa shape index (κ1) is 15.9. The Hall–Kier alpha value is -0.120. The van der Waals surface area contributed by atoms with Crippen molar-refractivity contribution in [3.05, 3.63) is 0 Å². The topological polar surface area (TPSA) is 47.3 Å². The monoisotopic (exact) mass is 230 g/mol. The molecule has 0 aromatic heterocycles. The highest BCUT2D eigenvalue weighted by molar-refractivity contribution is 4.81. The maximum atomic E-state index is 6.04. The van der Waals surface area contributed by atoms with Gasteiger partial charge in [0.1, 0.15) is 0 Å². The minimum absolute atomic E-state index is 0.0953. The predicted molar refractivity (Wildman–Crippen MR) is 70.6 cm³/mol. The van der Waals surface area contributed by atoms with E-state index < -0.39 is 0 Å². The van der Waals surface area contributed by atoms with E-state index in [0.717, 1.165) is 6.42 Å². The number of ether oxygens (including phenoxy) is 1. The van der Waals surface area contributed by atoms with Crippen LogP contribution in [0.15, 0.2) is 0 Å². The van der Waals surface area contributed by atoms with Crippen LogP contribution in [0, 0.1) is 5.92 Å². The summed E-state index contributed by atoms with van der Waals surface area (Å²) in [4.78, 5) is 0. The van der Waals surface area contributed by atoms with Crippen molar-refractivity contribution in [3.8, 4) is 0 Å². The normalized spacial score (nSPS) is 17.2. The third-order valence-corrected chi connectivity index (χ3v) is 3.28. The Morgan fingerprint density at radius 1 is 1.19 bits per heavy atom. The van der Waals surface area contributed by atoms with E-state index in [4.69, 9.17) is 10.5 Å². The van der Waals surface area contributed by atoms with Gasteiger partial charge in [-0.1, -0.05) is 6.92 Å². The number of hydrogen-bond acceptors (Lipinski definition) is 3. The molecule has 3 nitrogen and oxygen atoms in total. The van der Waals surface area contributed by atoms with Gasteiger partial charge in [0.15, 0.2) is 0 Å². The lowest BCUT2D eigenvalue weighted by atomic mass is 9.90. The Balaban J connectivity index is 4.08. The van der Waals surface area contributed by atoms with Crippen molar-refractivity contribution in [3.63, 3.8) is 0 Å². The average molecular weight is 230 g/mol. The number of nitrogens with two attached hydrogens (primary N) is 1. The van der Waals surface area contributed by atoms with E-state index in [2.05, 4.69) is 33.0 Å². The predicted octanol–water partition coefficient (Wildman–Crippen LogP) is 2.15. The molecule has 16 heavy (non-hydrogen) atoms. The van der Waals surface area contributed by atoms with Gasteiger partial charge in [-0.2, -0.15) is 0 Å². The third-order valence-electron chi connectivity index (χ3n) is 3.28. The molecule has 0 aromatic carbocycles. The molecule has 0 aliphatic rings. The fraction of sp³-hybridized carbons (Fsp3) is 1.00. The fourth-order valence-electron chi connectivity index (χ4n) is 1.46. The van der Waals surface area contributed by atoms with Crippen molar-refractivity contribution in [2.24, 2.45) is 11.7 Å². The molecule has 0 aliphatic heterocycles. The molecule has 2 atom stereocenters. The second-order valence-corrected chi connectivity index (χ2v) is 6.19. The number of hydrogen-bond donors (Lipinski definition) is 2. The van der Waals surface area contributed by atoms with Crippen LogP contribution in [-0.4, -0.2) is 30.8 Å². The van der Waals surface area contributed by atoms with Gasteiger partial charge < -0.3 is 15.8 Å². The molecule has 0 saturated carbocycles. The first-order chi connectivity index (χ1) is 7.08. The highest BCUT2D eigenvalue weighted by Crippen LogP contribution is 2.21. The van der Waals surface area contributed by atoms with Crippen LogP contribution in [0.2, 0.25) is 0 Å². The molecular formula is C13H30N2O. The molecule has 0 aliphatic carbocycles. The Morgan fingerprint density at radius 3 is 2.06 bits per heavy atom. The van der Waals surface area contributed by atoms with Gasteiger partial charge in [-0.25, -0.2) is 0 Å². The molecule has 2 unspecified atom stereocenters. The van der Waals surface area contributed by atoms with Crippen LogP contribution < -0.4 is 11.1 Å². The van der Waals surface area contributed by atoms with E-state index in [1.54, 1.807) is 0 Å². The van der Waals surface area contributed by atoms with E-state index >= 15 is 0 Å². The van der Waals surface area contributed by atoms with Crippen molar-refractivity contribution in [2.75, 3.05) is 13.7 Å². The lowest BCUT2D eigenvalue weighted by Crippen LogP contribution is -2.44. The molecule has 0 fully saturated rings. The summed E-state index contributed by atoms with van der Waals surface area (Å²) in [5.74, 6) is 0.358. The second kappa shape index (κ2) is 5.99. The lowest BCUT2D eigenvalue weighted by molar-refractivity contribution is -0.0506. The summed E-state index contributed by atoms with van der Waals surface area (Å²) in [6.45, 7) is 13.4. The molecule has 0 aromatic rings. The average Bonchev–Trinajstić information content (AvgIpc) is 2.11. The fourth-order valence-corrected chi connectivity index (χ4v) is 1.46. The van der Waals surface area contributed by atoms with Crippen molar-refractivity contribution < 1.29 is 4.74 Å². The van der Waals surface area contributed by atoms with Gasteiger partial charge in [0.05, 0.1) is 12.2 Å². The summed E-state index contributed by atoms with van der Waals surface area (Å²) < 4.78 is 5.97. The molecule has 0 rings (SSSR count). The molecule has 0 bridgehead atoms. The number of nitrogens with one attached hydrogen (secondary N) is 1. The Morgan fingerprint density at radius 2 is 1.69 bits per heavy atom. The Kier molecular flexibility index (Phi) is 5.94. The van der Waals surface area contributed by atoms with Gasteiger partial charge in [0.25, 0.3) is 0 Å². The quantitative estimate of drug-likeness (QED) is 0.704. The van der Waals surface area contributed by atoms with Gasteiger partial charge in [-0.15, -0.1) is 0 Å². The minimum Gasteiger partial charge on any atom is -0.375 e. The van der Waals surface area contributed by atoms with Gasteiger partial charge in [0.2, 0.25) is 0 Å². The van der Waals surface area contributed by atoms with Crippen LogP contribution in [0.4, 0.5) is 0 Å². The highest BCUT2D eigenvalue weighted by atomic mass is 16.5. The zero-order valence-corrected chi connectivity index (χ0v) is 12.1. The highest BCUT2D eigenvalue weighted by Gasteiger charge is 2.26. The SMILES string of the molecule is CNC(C)CC(C)(C)OCC(C)C(C)(C)N. The summed E-state index contributed by atoms with van der Waals surface area (Å²) in [5.41, 5.74) is 5.77. The maximum Gasteiger partial charge on any atom is 0.0641 e. The summed E-state index contributed by atoms with van der Waals surface area (Å²) in [5, 5.41) is 3.23. The Labute approximate surface area is 101 Å². The summed E-state index contributed by atoms with van der Waals surface area (Å²) in [6, 6.07) is 0.469. The molecular weight excluding hydrogens is 200 g/mol. The van der Waals surface area contributed by atoms with Crippen LogP contribution in [0.3, 0.4) is 0 Å². The lowest BCUT2D eigenvalue weighted by Gasteiger charge is -2.33. The van der Waals surface area contributed by atoms with Crippen LogP contribution in [-0.2, 0) is 4.74 Å². The van der Waals surface area contributed by atoms with Gasteiger partial charge in [-0.3, -0.25) is 0 Å². The molecule has 0 spiro atoms. The molecule has 3 N–H and O–H groups in total. The van der Waals surface area contributed by atoms with Crippen LogP contribution >= 0.6 is 0 Å². The maximum absolute atomic E-state index is 6.04. The molecule has 0 saturated heterocycles. The van der Waals surface area contributed by atoms with Crippen molar-refractivity contribution in [1.82, 2.24) is 5.32 Å². The van der Waals surface area contributed by atoms with E-state index in [9.17, 15) is 0 Å². The van der Waals surface area contributed by atoms with Crippen LogP contribution in [0.25, 0.3) is 0 Å². The first-order valence-corrected chi connectivity index (χ1v) is 6.18. The van der Waals surface area contributed by atoms with E-state index in [1.165, 1.54) is 0 Å². The van der Waals surface area contributed by atoms with Crippen molar-refractivity contribution in [2.45, 2.75) is 65.1 Å². The number of rotatable bonds is 7. The standard InChI is InChI=1S/C13H30N2O/c1-10(13(5,6)14)9-16-12(3,4)8-11(2)15-7/h10-11,15H,8-9,14H2,1-7H3. The minimum atomic E-state index is -0.176. The molecule has 0 heterocycles. The van der Waals surface area contributed by atoms with E-state index in [-0.39, 0.29) is 11.1 Å². The van der Waals surface area contributed by atoms with Gasteiger partial charge in [-0.05, 0) is 54.0 Å². The van der Waals surface area contributed by atoms with Gasteiger partial charge in [0, 0.05) is 11.6 Å². The molecule has 0 amide bonds. The van der Waals surface area contributed by atoms with Crippen molar-refractivity contribution in [1.29, 1.82) is 0 Å². The van der Waals surface area contributed by atoms with E-state index in [0.29, 0.717) is 18.6 Å². The molecule has 98 valence electrons. The largest absolute Gasteiger partial charge is 0.375 e. The van der Waals surface area contributed by atoms with Crippen LogP contribution in [0.1, 0.15) is 48.0 Å². The zero-order valence-electron chi connectivity index (χ0n) is 12.1. The summed E-state index contributed by atoms with van der Waals surface area (Å²) in [6.07, 6.45) is 1.00. The van der Waals surface area contributed by atoms with E-state index in [1.807, 2.05) is 20.9 Å². The summed E-state index contributed by atoms with van der Waals surface area (Å²) >= 11 is 0. The zero-order chi connectivity index (χ0) is 13.0. The van der Waals surface area contributed by atoms with Crippen molar-refractivity contribution >= 4 is 0 Å². The molecule has 3 heteroatoms. The first-order valence-electron chi connectivity index (χ1n) is 6.18. The van der Waals surface area contributed by atoms with Gasteiger partial charge >= 0.3 is 0 Å². The second-order valence-electron chi connectivity index (χ2n) is 6.19. The Bertz CT molecular complexity index is 197. The molecule has 0 radical (unpaired) electrons. The summed E-state index contributed by atoms with van der Waals surface area (Å²) in [7, 11) is 1.98. The third kappa shape index (κ3) is 6.46. The smallest absolute Gasteiger partial charge is 0.0641 e.